The van der Waals surface area contributed by atoms with Crippen molar-refractivity contribution >= 4 is 38.9 Å². The van der Waals surface area contributed by atoms with Gasteiger partial charge in [-0.05, 0) is 22.0 Å². The lowest BCUT2D eigenvalue weighted by atomic mass is 10.2. The van der Waals surface area contributed by atoms with E-state index < -0.39 is 22.5 Å². The fourth-order valence-electron chi connectivity index (χ4n) is 1.10. The summed E-state index contributed by atoms with van der Waals surface area (Å²) in [4.78, 5) is 9.72. The van der Waals surface area contributed by atoms with E-state index in [-0.39, 0.29) is 12.4 Å². The third kappa shape index (κ3) is 3.79. The number of anilines is 1. The molecule has 1 rings (SSSR count). The van der Waals surface area contributed by atoms with Gasteiger partial charge >= 0.3 is 5.69 Å². The Morgan fingerprint density at radius 1 is 1.65 bits per heavy atom. The molecule has 8 heteroatoms. The van der Waals surface area contributed by atoms with Crippen LogP contribution in [0.3, 0.4) is 0 Å². The fourth-order valence-corrected chi connectivity index (χ4v) is 1.66. The lowest BCUT2D eigenvalue weighted by Gasteiger charge is -2.11. The van der Waals surface area contributed by atoms with E-state index in [2.05, 4.69) is 21.2 Å². The van der Waals surface area contributed by atoms with E-state index in [0.29, 0.717) is 10.2 Å². The SMILES string of the molecule is O=[N+]([O-])c1cc(NCC(O)CCl)c(Br)cc1F. The molecule has 1 aromatic rings. The molecular weight excluding hydrogens is 318 g/mol. The molecule has 1 aromatic carbocycles. The van der Waals surface area contributed by atoms with Crippen LogP contribution in [0.2, 0.25) is 0 Å². The summed E-state index contributed by atoms with van der Waals surface area (Å²) in [6, 6.07) is 2.05. The van der Waals surface area contributed by atoms with Crippen LogP contribution in [0.5, 0.6) is 0 Å². The standard InChI is InChI=1S/C9H9BrClFN2O3/c10-6-1-7(12)9(14(16)17)2-8(6)13-4-5(15)3-11/h1-2,5,13,15H,3-4H2. The van der Waals surface area contributed by atoms with Crippen LogP contribution in [0.4, 0.5) is 15.8 Å². The van der Waals surface area contributed by atoms with Gasteiger partial charge in [0.05, 0.1) is 22.6 Å². The molecule has 0 spiro atoms. The Morgan fingerprint density at radius 3 is 2.82 bits per heavy atom. The maximum atomic E-state index is 13.2. The van der Waals surface area contributed by atoms with Crippen LogP contribution in [0.15, 0.2) is 16.6 Å². The number of nitro groups is 1. The van der Waals surface area contributed by atoms with Gasteiger partial charge < -0.3 is 10.4 Å². The van der Waals surface area contributed by atoms with E-state index in [1.807, 2.05) is 0 Å². The Kier molecular flexibility index (Phi) is 5.10. The highest BCUT2D eigenvalue weighted by Crippen LogP contribution is 2.29. The number of alkyl halides is 1. The van der Waals surface area contributed by atoms with Gasteiger partial charge in [0.25, 0.3) is 0 Å². The molecule has 0 heterocycles. The number of benzene rings is 1. The minimum absolute atomic E-state index is 0.0356. The highest BCUT2D eigenvalue weighted by atomic mass is 79.9. The van der Waals surface area contributed by atoms with Crippen LogP contribution in [-0.4, -0.2) is 28.6 Å². The number of aliphatic hydroxyl groups is 1. The molecule has 0 aliphatic carbocycles. The van der Waals surface area contributed by atoms with E-state index >= 15 is 0 Å². The van der Waals surface area contributed by atoms with Crippen molar-refractivity contribution in [3.63, 3.8) is 0 Å². The molecule has 0 saturated carbocycles. The van der Waals surface area contributed by atoms with E-state index in [0.717, 1.165) is 12.1 Å². The van der Waals surface area contributed by atoms with Crippen molar-refractivity contribution in [1.82, 2.24) is 0 Å². The highest BCUT2D eigenvalue weighted by Gasteiger charge is 2.17. The number of nitro benzene ring substituents is 1. The van der Waals surface area contributed by atoms with Gasteiger partial charge in [-0.1, -0.05) is 0 Å². The summed E-state index contributed by atoms with van der Waals surface area (Å²) >= 11 is 8.46. The average molecular weight is 328 g/mol. The maximum Gasteiger partial charge on any atom is 0.306 e. The smallest absolute Gasteiger partial charge is 0.306 e. The van der Waals surface area contributed by atoms with Crippen molar-refractivity contribution in [3.05, 3.63) is 32.5 Å². The Morgan fingerprint density at radius 2 is 2.29 bits per heavy atom. The third-order valence-electron chi connectivity index (χ3n) is 1.94. The number of nitrogens with zero attached hydrogens (tertiary/aromatic N) is 1. The normalized spacial score (nSPS) is 12.2. The van der Waals surface area contributed by atoms with E-state index in [1.54, 1.807) is 0 Å². The quantitative estimate of drug-likeness (QED) is 0.495. The molecule has 0 aliphatic heterocycles. The molecule has 1 atom stereocenters. The number of hydrogen-bond donors (Lipinski definition) is 2. The van der Waals surface area contributed by atoms with Gasteiger partial charge in [-0.2, -0.15) is 4.39 Å². The van der Waals surface area contributed by atoms with Gasteiger partial charge in [-0.3, -0.25) is 10.1 Å². The summed E-state index contributed by atoms with van der Waals surface area (Å²) in [5.41, 5.74) is -0.307. The molecule has 0 aliphatic rings. The number of hydrogen-bond acceptors (Lipinski definition) is 4. The van der Waals surface area contributed by atoms with Crippen LogP contribution in [0.25, 0.3) is 0 Å². The number of nitrogens with one attached hydrogen (secondary N) is 1. The monoisotopic (exact) mass is 326 g/mol. The summed E-state index contributed by atoms with van der Waals surface area (Å²) in [5, 5.41) is 22.5. The van der Waals surface area contributed by atoms with Gasteiger partial charge in [0.2, 0.25) is 5.82 Å². The Labute approximate surface area is 110 Å². The van der Waals surface area contributed by atoms with Crippen LogP contribution in [-0.2, 0) is 0 Å². The lowest BCUT2D eigenvalue weighted by molar-refractivity contribution is -0.387. The summed E-state index contributed by atoms with van der Waals surface area (Å²) in [5.74, 6) is -0.890. The molecule has 0 bridgehead atoms. The molecule has 17 heavy (non-hydrogen) atoms. The second-order valence-corrected chi connectivity index (χ2v) is 4.39. The number of halogens is 3. The van der Waals surface area contributed by atoms with E-state index in [1.165, 1.54) is 0 Å². The molecule has 5 nitrogen and oxygen atoms in total. The predicted octanol–water partition coefficient (Wildman–Crippen LogP) is 2.51. The van der Waals surface area contributed by atoms with Gasteiger partial charge in [-0.15, -0.1) is 11.6 Å². The zero-order valence-corrected chi connectivity index (χ0v) is 10.8. The summed E-state index contributed by atoms with van der Waals surface area (Å²) in [6.07, 6.45) is -0.785. The molecule has 0 saturated heterocycles. The molecule has 0 amide bonds. The summed E-state index contributed by atoms with van der Waals surface area (Å²) < 4.78 is 13.5. The fraction of sp³-hybridized carbons (Fsp3) is 0.333. The molecule has 94 valence electrons. The third-order valence-corrected chi connectivity index (χ3v) is 2.95. The van der Waals surface area contributed by atoms with Crippen molar-refractivity contribution in [2.75, 3.05) is 17.7 Å². The van der Waals surface area contributed by atoms with Crippen molar-refractivity contribution in [2.24, 2.45) is 0 Å². The molecule has 0 aromatic heterocycles. The second-order valence-electron chi connectivity index (χ2n) is 3.23. The van der Waals surface area contributed by atoms with Crippen molar-refractivity contribution in [1.29, 1.82) is 0 Å². The van der Waals surface area contributed by atoms with E-state index in [4.69, 9.17) is 11.6 Å². The first kappa shape index (κ1) is 14.1. The van der Waals surface area contributed by atoms with Gasteiger partial charge in [-0.25, -0.2) is 0 Å². The first-order valence-corrected chi connectivity index (χ1v) is 5.89. The van der Waals surface area contributed by atoms with Gasteiger partial charge in [0.1, 0.15) is 0 Å². The van der Waals surface area contributed by atoms with Crippen LogP contribution in [0.1, 0.15) is 0 Å². The van der Waals surface area contributed by atoms with Crippen molar-refractivity contribution in [2.45, 2.75) is 6.10 Å². The summed E-state index contributed by atoms with van der Waals surface area (Å²) in [7, 11) is 0. The minimum atomic E-state index is -0.926. The Bertz CT molecular complexity index is 433. The number of rotatable bonds is 5. The van der Waals surface area contributed by atoms with Crippen molar-refractivity contribution in [3.8, 4) is 0 Å². The Balaban J connectivity index is 2.92. The van der Waals surface area contributed by atoms with Gasteiger partial charge in [0.15, 0.2) is 0 Å². The summed E-state index contributed by atoms with van der Waals surface area (Å²) in [6.45, 7) is 0.116. The van der Waals surface area contributed by atoms with Gasteiger partial charge in [0, 0.05) is 17.1 Å². The maximum absolute atomic E-state index is 13.2. The molecular formula is C9H9BrClFN2O3. The van der Waals surface area contributed by atoms with Crippen LogP contribution in [0, 0.1) is 15.9 Å². The predicted molar refractivity (Wildman–Crippen MR) is 66.0 cm³/mol. The zero-order chi connectivity index (χ0) is 13.0. The van der Waals surface area contributed by atoms with Crippen LogP contribution < -0.4 is 5.32 Å². The molecule has 0 fully saturated rings. The second kappa shape index (κ2) is 6.13. The number of aliphatic hydroxyl groups excluding tert-OH is 1. The first-order chi connectivity index (χ1) is 7.95. The Hall–Kier alpha value is -0.920. The first-order valence-electron chi connectivity index (χ1n) is 4.57. The largest absolute Gasteiger partial charge is 0.390 e. The average Bonchev–Trinajstić information content (AvgIpc) is 2.26. The minimum Gasteiger partial charge on any atom is -0.390 e. The zero-order valence-electron chi connectivity index (χ0n) is 8.49. The molecule has 2 N–H and O–H groups in total. The lowest BCUT2D eigenvalue weighted by Crippen LogP contribution is -2.21. The topological polar surface area (TPSA) is 75.4 Å². The molecule has 0 radical (unpaired) electrons. The van der Waals surface area contributed by atoms with E-state index in [9.17, 15) is 19.6 Å². The highest BCUT2D eigenvalue weighted by molar-refractivity contribution is 9.10. The van der Waals surface area contributed by atoms with Crippen LogP contribution >= 0.6 is 27.5 Å². The molecule has 1 unspecified atom stereocenters. The van der Waals surface area contributed by atoms with Crippen molar-refractivity contribution < 1.29 is 14.4 Å².